The Labute approximate surface area is 118 Å². The summed E-state index contributed by atoms with van der Waals surface area (Å²) in [5.74, 6) is -0.877. The van der Waals surface area contributed by atoms with Crippen LogP contribution in [0.5, 0.6) is 0 Å². The van der Waals surface area contributed by atoms with Crippen LogP contribution in [-0.2, 0) is 23.9 Å². The minimum Gasteiger partial charge on any atom is -0.467 e. The second kappa shape index (κ2) is 6.83. The molecule has 0 aromatic carbocycles. The van der Waals surface area contributed by atoms with Gasteiger partial charge in [-0.15, -0.1) is 0 Å². The third-order valence-electron chi connectivity index (χ3n) is 4.05. The second-order valence-corrected chi connectivity index (χ2v) is 5.47. The zero-order valence-corrected chi connectivity index (χ0v) is 11.7. The maximum atomic E-state index is 12.1. The third kappa shape index (κ3) is 3.56. The summed E-state index contributed by atoms with van der Waals surface area (Å²) in [6.45, 7) is 0.964. The van der Waals surface area contributed by atoms with Crippen molar-refractivity contribution in [1.29, 1.82) is 0 Å². The topological polar surface area (TPSA) is 81.7 Å². The van der Waals surface area contributed by atoms with E-state index >= 15 is 0 Å². The molecule has 112 valence electrons. The van der Waals surface area contributed by atoms with Crippen LogP contribution in [0.2, 0.25) is 0 Å². The van der Waals surface area contributed by atoms with E-state index in [-0.39, 0.29) is 23.5 Å². The van der Waals surface area contributed by atoms with Crippen LogP contribution in [0.4, 0.5) is 0 Å². The van der Waals surface area contributed by atoms with Crippen molar-refractivity contribution in [2.45, 2.75) is 38.1 Å². The van der Waals surface area contributed by atoms with E-state index in [4.69, 9.17) is 9.47 Å². The highest BCUT2D eigenvalue weighted by Gasteiger charge is 2.36. The van der Waals surface area contributed by atoms with Gasteiger partial charge in [-0.2, -0.15) is 0 Å². The minimum atomic E-state index is -0.725. The van der Waals surface area contributed by atoms with E-state index in [1.54, 1.807) is 0 Å². The molecule has 0 bridgehead atoms. The summed E-state index contributed by atoms with van der Waals surface area (Å²) in [6, 6.07) is -0.725. The molecule has 1 heterocycles. The van der Waals surface area contributed by atoms with Gasteiger partial charge in [0, 0.05) is 19.4 Å². The van der Waals surface area contributed by atoms with Gasteiger partial charge in [0.1, 0.15) is 11.8 Å². The van der Waals surface area contributed by atoms with Gasteiger partial charge in [0.05, 0.1) is 19.6 Å². The fourth-order valence-electron chi connectivity index (χ4n) is 2.85. The van der Waals surface area contributed by atoms with Crippen LogP contribution in [0.25, 0.3) is 0 Å². The first-order valence-corrected chi connectivity index (χ1v) is 7.09. The number of Topliss-reactive ketones (excluding diaryl/α,β-unsaturated/α-hetero) is 1. The number of ketones is 1. The Morgan fingerprint density at radius 3 is 2.80 bits per heavy atom. The van der Waals surface area contributed by atoms with Crippen LogP contribution in [0.15, 0.2) is 0 Å². The van der Waals surface area contributed by atoms with E-state index in [9.17, 15) is 14.4 Å². The van der Waals surface area contributed by atoms with E-state index in [0.717, 1.165) is 12.8 Å². The van der Waals surface area contributed by atoms with E-state index in [0.29, 0.717) is 32.5 Å². The van der Waals surface area contributed by atoms with Crippen molar-refractivity contribution >= 4 is 17.7 Å². The molecule has 0 radical (unpaired) electrons. The van der Waals surface area contributed by atoms with Gasteiger partial charge < -0.3 is 14.8 Å². The lowest BCUT2D eigenvalue weighted by atomic mass is 9.83. The number of hydrogen-bond donors (Lipinski definition) is 1. The second-order valence-electron chi connectivity index (χ2n) is 5.47. The molecule has 6 heteroatoms. The number of hydrogen-bond acceptors (Lipinski definition) is 5. The number of carbonyl (C=O) groups excluding carboxylic acids is 3. The lowest BCUT2D eigenvalue weighted by Crippen LogP contribution is -2.49. The van der Waals surface area contributed by atoms with Crippen molar-refractivity contribution in [3.8, 4) is 0 Å². The summed E-state index contributed by atoms with van der Waals surface area (Å²) < 4.78 is 9.95. The van der Waals surface area contributed by atoms with Gasteiger partial charge in [0.15, 0.2) is 0 Å². The number of ether oxygens (including phenoxy) is 2. The molecule has 1 aliphatic carbocycles. The highest BCUT2D eigenvalue weighted by atomic mass is 16.5. The summed E-state index contributed by atoms with van der Waals surface area (Å²) in [5, 5.41) is 2.75. The Bertz CT molecular complexity index is 389. The maximum absolute atomic E-state index is 12.1. The maximum Gasteiger partial charge on any atom is 0.328 e. The molecule has 0 aromatic heterocycles. The van der Waals surface area contributed by atoms with E-state index in [1.807, 2.05) is 0 Å². The van der Waals surface area contributed by atoms with Gasteiger partial charge in [-0.25, -0.2) is 4.79 Å². The molecule has 2 aliphatic rings. The summed E-state index contributed by atoms with van der Waals surface area (Å²) in [7, 11) is 1.30. The van der Waals surface area contributed by atoms with E-state index in [1.165, 1.54) is 7.11 Å². The van der Waals surface area contributed by atoms with Gasteiger partial charge in [-0.05, 0) is 25.2 Å². The van der Waals surface area contributed by atoms with Gasteiger partial charge in [0.2, 0.25) is 5.91 Å². The number of carbonyl (C=O) groups is 3. The largest absolute Gasteiger partial charge is 0.467 e. The Kier molecular flexibility index (Phi) is 5.11. The zero-order chi connectivity index (χ0) is 14.5. The van der Waals surface area contributed by atoms with Crippen LogP contribution in [-0.4, -0.2) is 44.0 Å². The minimum absolute atomic E-state index is 0.147. The first kappa shape index (κ1) is 15.0. The Morgan fingerprint density at radius 1 is 1.40 bits per heavy atom. The summed E-state index contributed by atoms with van der Waals surface area (Å²) in [5.41, 5.74) is 0. The third-order valence-corrected chi connectivity index (χ3v) is 4.05. The van der Waals surface area contributed by atoms with Crippen LogP contribution >= 0.6 is 0 Å². The SMILES string of the molecule is COC(=O)[C@@H](NC(=O)[C@@H]1CCOC1)[C@@H]1CCCC(=O)C1. The Hall–Kier alpha value is -1.43. The predicted molar refractivity (Wildman–Crippen MR) is 69.8 cm³/mol. The van der Waals surface area contributed by atoms with Crippen LogP contribution < -0.4 is 5.32 Å². The molecule has 1 saturated heterocycles. The standard InChI is InChI=1S/C14H21NO5/c1-19-14(18)12(9-3-2-4-11(16)7-9)15-13(17)10-5-6-20-8-10/h9-10,12H,2-8H2,1H3,(H,15,17)/t9-,10-,12+/m1/s1. The fourth-order valence-corrected chi connectivity index (χ4v) is 2.85. The average Bonchev–Trinajstić information content (AvgIpc) is 2.98. The zero-order valence-electron chi connectivity index (χ0n) is 11.7. The smallest absolute Gasteiger partial charge is 0.328 e. The number of methoxy groups -OCH3 is 1. The van der Waals surface area contributed by atoms with Crippen LogP contribution in [0, 0.1) is 11.8 Å². The van der Waals surface area contributed by atoms with Crippen LogP contribution in [0.1, 0.15) is 32.1 Å². The number of esters is 1. The van der Waals surface area contributed by atoms with Gasteiger partial charge in [0.25, 0.3) is 0 Å². The van der Waals surface area contributed by atoms with Crippen LogP contribution in [0.3, 0.4) is 0 Å². The highest BCUT2D eigenvalue weighted by Crippen LogP contribution is 2.25. The lowest BCUT2D eigenvalue weighted by molar-refractivity contribution is -0.148. The molecule has 2 fully saturated rings. The Balaban J connectivity index is 2.01. The number of nitrogens with one attached hydrogen (secondary N) is 1. The molecular formula is C14H21NO5. The van der Waals surface area contributed by atoms with Gasteiger partial charge >= 0.3 is 5.97 Å². The van der Waals surface area contributed by atoms with Crippen molar-refractivity contribution < 1.29 is 23.9 Å². The summed E-state index contributed by atoms with van der Waals surface area (Å²) >= 11 is 0. The molecule has 1 saturated carbocycles. The highest BCUT2D eigenvalue weighted by molar-refractivity contribution is 5.87. The first-order valence-electron chi connectivity index (χ1n) is 7.09. The molecule has 2 rings (SSSR count). The molecule has 20 heavy (non-hydrogen) atoms. The molecule has 0 spiro atoms. The van der Waals surface area contributed by atoms with E-state index < -0.39 is 12.0 Å². The fraction of sp³-hybridized carbons (Fsp3) is 0.786. The molecule has 6 nitrogen and oxygen atoms in total. The molecule has 1 N–H and O–H groups in total. The van der Waals surface area contributed by atoms with Crippen molar-refractivity contribution in [2.75, 3.05) is 20.3 Å². The quantitative estimate of drug-likeness (QED) is 0.757. The Morgan fingerprint density at radius 2 is 2.20 bits per heavy atom. The molecule has 0 unspecified atom stereocenters. The van der Waals surface area contributed by atoms with E-state index in [2.05, 4.69) is 5.32 Å². The van der Waals surface area contributed by atoms with Crippen molar-refractivity contribution in [3.05, 3.63) is 0 Å². The average molecular weight is 283 g/mol. The van der Waals surface area contributed by atoms with Crippen molar-refractivity contribution in [3.63, 3.8) is 0 Å². The summed E-state index contributed by atoms with van der Waals surface area (Å²) in [4.78, 5) is 35.6. The predicted octanol–water partition coefficient (Wildman–Crippen LogP) is 0.440. The van der Waals surface area contributed by atoms with Crippen molar-refractivity contribution in [1.82, 2.24) is 5.32 Å². The summed E-state index contributed by atoms with van der Waals surface area (Å²) in [6.07, 6.45) is 3.09. The lowest BCUT2D eigenvalue weighted by Gasteiger charge is -2.29. The molecule has 3 atom stereocenters. The number of rotatable bonds is 4. The molecular weight excluding hydrogens is 262 g/mol. The van der Waals surface area contributed by atoms with Crippen molar-refractivity contribution in [2.24, 2.45) is 11.8 Å². The normalized spacial score (nSPS) is 27.9. The monoisotopic (exact) mass is 283 g/mol. The first-order chi connectivity index (χ1) is 9.61. The van der Waals surface area contributed by atoms with Gasteiger partial charge in [-0.3, -0.25) is 9.59 Å². The molecule has 0 aromatic rings. The molecule has 1 aliphatic heterocycles. The van der Waals surface area contributed by atoms with Gasteiger partial charge in [-0.1, -0.05) is 0 Å². The number of amides is 1. The molecule has 1 amide bonds.